The monoisotopic (exact) mass is 1980 g/mol. The summed E-state index contributed by atoms with van der Waals surface area (Å²) in [7, 11) is 7.91. The van der Waals surface area contributed by atoms with Crippen molar-refractivity contribution in [3.8, 4) is 79.9 Å². The normalized spacial score (nSPS) is 20.7. The number of nitrogens with zero attached hydrogens (tertiary/aromatic N) is 10. The Morgan fingerprint density at radius 2 is 0.687 bits per heavy atom. The number of halogens is 2. The van der Waals surface area contributed by atoms with Gasteiger partial charge in [0.05, 0.1) is 131 Å². The number of phenols is 2. The molecule has 147 heavy (non-hydrogen) atoms. The summed E-state index contributed by atoms with van der Waals surface area (Å²) in [6.07, 6.45) is 5.89. The predicted octanol–water partition coefficient (Wildman–Crippen LogP) is 17.9. The lowest BCUT2D eigenvalue weighted by Gasteiger charge is -2.40. The van der Waals surface area contributed by atoms with Crippen LogP contribution in [0, 0.1) is 0 Å². The number of aromatic nitrogens is 10. The highest BCUT2D eigenvalue weighted by Gasteiger charge is 2.52. The molecule has 0 spiro atoms. The number of rotatable bonds is 14. The van der Waals surface area contributed by atoms with Crippen LogP contribution >= 0.6 is 0 Å². The third-order valence-corrected chi connectivity index (χ3v) is 33.6. The van der Waals surface area contributed by atoms with Crippen LogP contribution in [0.15, 0.2) is 157 Å². The third kappa shape index (κ3) is 14.9. The standard InChI is InChI=1S/2C24H25FN2O3.2C24H24N2O4.C22H20N2O3/c1-4-14-16-10-13(30-3)6-8-19(16)26-22-17(14)12-27-20(22)11-18-15(23(27)28)7-9-21(25)24(18,29)5-2;1-4-14-16-10-13(28)6-8-19(16)26-22-17(14)12-27-20(22)11-18-15(23(27)29)7-9-21(25)24(18,5-2)30-3;1-4-14-16-10-13(30-3)6-8-19(16)25-22-17(14)12-26-20(22)11-18-15(23(26)28)7-9-21(27)24(18,29)5-2;1-4-14-16-10-13(27)6-8-19(16)25-22-17(14)12-26-20(22)11-18-15(23(26)29)7-9-21(28)24(18,5-2)30-3;1-3-22(27-2)16-11-18-20-14(10-13-6-4-5-7-17(13)23-20)12-24(18)21(26)15(16)8-9-19(22)25/h6,8,10-11,21,29H,4-5,7,9,12H2,1-3H3;6,8,10-11,21,28H,4-5,7,9,12H2,1-3H3;6,8,10-11,29H,4-5,7,9,12H2,1-3H3;6,8,10-11,27H,4-5,7,9,12H2,1-3H3;4-7,10-11H,3,8-9,12H2,1-2H3/t2*21-,24+;2*24-;22-/m11000/s1. The lowest BCUT2D eigenvalue weighted by atomic mass is 9.76. The summed E-state index contributed by atoms with van der Waals surface area (Å²) in [5.41, 5.74) is 20.5. The molecule has 0 amide bonds. The van der Waals surface area contributed by atoms with Crippen LogP contribution in [0.3, 0.4) is 0 Å². The molecule has 4 N–H and O–H groups in total. The molecule has 0 saturated carbocycles. The number of aromatic hydroxyl groups is 2. The van der Waals surface area contributed by atoms with E-state index >= 15 is 4.39 Å². The van der Waals surface area contributed by atoms with Crippen molar-refractivity contribution < 1.29 is 67.3 Å². The molecule has 5 aliphatic heterocycles. The Bertz CT molecular complexity index is 8510. The summed E-state index contributed by atoms with van der Waals surface area (Å²) < 4.78 is 66.6. The van der Waals surface area contributed by atoms with Gasteiger partial charge in [-0.3, -0.25) is 38.4 Å². The molecule has 0 radical (unpaired) electrons. The van der Waals surface area contributed by atoms with E-state index in [1.54, 1.807) is 108 Å². The zero-order valence-corrected chi connectivity index (χ0v) is 85.2. The van der Waals surface area contributed by atoms with E-state index < -0.39 is 40.3 Å². The van der Waals surface area contributed by atoms with E-state index in [0.29, 0.717) is 158 Å². The first-order valence-corrected chi connectivity index (χ1v) is 51.4. The van der Waals surface area contributed by atoms with Gasteiger partial charge in [-0.05, 0) is 251 Å². The van der Waals surface area contributed by atoms with Gasteiger partial charge in [0.1, 0.15) is 52.1 Å². The molecule has 29 heteroatoms. The highest BCUT2D eigenvalue weighted by Crippen LogP contribution is 2.52. The molecule has 15 aromatic rings. The number of benzene rings is 5. The molecule has 10 aliphatic rings. The number of hydrogen-bond acceptors (Lipinski definition) is 22. The molecule has 10 aromatic heterocycles. The van der Waals surface area contributed by atoms with Crippen molar-refractivity contribution in [3.63, 3.8) is 0 Å². The van der Waals surface area contributed by atoms with Crippen molar-refractivity contribution in [1.29, 1.82) is 0 Å². The van der Waals surface area contributed by atoms with Crippen molar-refractivity contribution in [2.24, 2.45) is 0 Å². The maximum absolute atomic E-state index is 15.1. The third-order valence-electron chi connectivity index (χ3n) is 33.6. The number of phenolic OH excluding ortho intramolecular Hbond substituents is 2. The quantitative estimate of drug-likeness (QED) is 0.0785. The number of carbonyl (C=O) groups is 3. The first-order chi connectivity index (χ1) is 70.8. The summed E-state index contributed by atoms with van der Waals surface area (Å²) in [6.45, 7) is 19.9. The predicted molar refractivity (Wildman–Crippen MR) is 558 cm³/mol. The Hall–Kier alpha value is -14.2. The second-order valence-electron chi connectivity index (χ2n) is 40.0. The number of Topliss-reactive ketones (excluding diaryl/α,β-unsaturated/α-hetero) is 3. The summed E-state index contributed by atoms with van der Waals surface area (Å²) in [5, 5.41) is 47.1. The molecule has 0 saturated heterocycles. The Balaban J connectivity index is 0.000000108. The van der Waals surface area contributed by atoms with Gasteiger partial charge in [-0.1, -0.05) is 80.5 Å². The number of ketones is 3. The number of para-hydroxylation sites is 1. The van der Waals surface area contributed by atoms with Gasteiger partial charge in [0.2, 0.25) is 0 Å². The highest BCUT2D eigenvalue weighted by molar-refractivity contribution is 5.97. The molecular weight excluding hydrogens is 1870 g/mol. The molecule has 7 atom stereocenters. The van der Waals surface area contributed by atoms with Crippen molar-refractivity contribution in [2.75, 3.05) is 35.5 Å². The Morgan fingerprint density at radius 3 is 1.08 bits per heavy atom. The van der Waals surface area contributed by atoms with Gasteiger partial charge in [-0.2, -0.15) is 0 Å². The van der Waals surface area contributed by atoms with E-state index in [0.717, 1.165) is 193 Å². The van der Waals surface area contributed by atoms with Crippen molar-refractivity contribution in [1.82, 2.24) is 47.8 Å². The van der Waals surface area contributed by atoms with Gasteiger partial charge < -0.3 is 66.9 Å². The molecule has 27 nitrogen and oxygen atoms in total. The van der Waals surface area contributed by atoms with Gasteiger partial charge in [-0.25, -0.2) is 33.7 Å². The Kier molecular flexibility index (Phi) is 25.1. The number of aliphatic hydroxyl groups is 2. The zero-order valence-electron chi connectivity index (χ0n) is 85.2. The number of alkyl halides is 2. The largest absolute Gasteiger partial charge is 0.508 e. The van der Waals surface area contributed by atoms with Crippen LogP contribution in [0.4, 0.5) is 8.78 Å². The van der Waals surface area contributed by atoms with Crippen LogP contribution in [0.5, 0.6) is 23.0 Å². The van der Waals surface area contributed by atoms with Crippen molar-refractivity contribution in [2.45, 2.75) is 257 Å². The SMILES string of the molecule is CC[C@@]1(OC)C(=O)CCc2c1cc1n(c2=O)Cc2cc3ccccc3nc2-1.CCc1c2c(nc3ccc(O)cc13)-c1cc3c(c(=O)n1C2)CCC(=O)[C@@]3(CC)OC.CCc1c2c(nc3ccc(O)cc13)-c1cc3c(c(=O)n1C2)CC[C@@H](F)[C@@]3(CC)OC.CCc1c2c(nc3ccc(OC)cc13)-c1cc3c(c(=O)n1C2)CCC(=O)[C@]3(O)CC.CCc1c2c(nc3ccc(OC)cc13)-c1cc3c(c(=O)n1C2)CC[C@@H](F)[C@]3(O)CC. The molecule has 25 rings (SSSR count). The molecule has 5 aromatic carbocycles. The van der Waals surface area contributed by atoms with E-state index in [9.17, 15) is 63.2 Å². The van der Waals surface area contributed by atoms with Gasteiger partial charge in [-0.15, -0.1) is 0 Å². The van der Waals surface area contributed by atoms with Gasteiger partial charge in [0, 0.05) is 140 Å². The Morgan fingerprint density at radius 1 is 0.333 bits per heavy atom. The smallest absolute Gasteiger partial charge is 0.254 e. The zero-order chi connectivity index (χ0) is 104. The van der Waals surface area contributed by atoms with Crippen LogP contribution in [0.2, 0.25) is 0 Å². The van der Waals surface area contributed by atoms with E-state index in [-0.39, 0.29) is 88.7 Å². The van der Waals surface area contributed by atoms with E-state index in [4.69, 9.17) is 48.6 Å². The minimum absolute atomic E-state index is 0.0214. The lowest BCUT2D eigenvalue weighted by molar-refractivity contribution is -0.144. The van der Waals surface area contributed by atoms with Crippen LogP contribution in [0.1, 0.15) is 232 Å². The molecule has 0 unspecified atom stereocenters. The number of fused-ring (bicyclic) bond motifs is 25. The number of methoxy groups -OCH3 is 5. The summed E-state index contributed by atoms with van der Waals surface area (Å²) in [5.74, 6) is 1.80. The van der Waals surface area contributed by atoms with Crippen molar-refractivity contribution in [3.05, 3.63) is 291 Å². The van der Waals surface area contributed by atoms with Gasteiger partial charge in [0.15, 0.2) is 28.6 Å². The second-order valence-corrected chi connectivity index (χ2v) is 40.0. The molecular formula is C118H118F2N10O17. The maximum Gasteiger partial charge on any atom is 0.254 e. The molecule has 15 heterocycles. The molecule has 756 valence electrons. The number of ether oxygens (including phenoxy) is 5. The van der Waals surface area contributed by atoms with Crippen molar-refractivity contribution >= 4 is 71.9 Å². The van der Waals surface area contributed by atoms with Crippen LogP contribution in [-0.2, 0) is 147 Å². The van der Waals surface area contributed by atoms with Crippen LogP contribution in [0.25, 0.3) is 111 Å². The molecule has 5 aliphatic carbocycles. The fraction of sp³-hybridized carbons (Fsp3) is 0.381. The van der Waals surface area contributed by atoms with Gasteiger partial charge >= 0.3 is 0 Å². The topological polar surface area (TPSA) is 353 Å². The minimum atomic E-state index is -1.62. The fourth-order valence-corrected chi connectivity index (χ4v) is 25.6. The first kappa shape index (κ1) is 98.8. The first-order valence-electron chi connectivity index (χ1n) is 51.4. The van der Waals surface area contributed by atoms with E-state index in [2.05, 4.69) is 33.8 Å². The summed E-state index contributed by atoms with van der Waals surface area (Å²) in [4.78, 5) is 129. The van der Waals surface area contributed by atoms with Gasteiger partial charge in [0.25, 0.3) is 27.8 Å². The maximum atomic E-state index is 15.1. The van der Waals surface area contributed by atoms with Crippen LogP contribution < -0.4 is 37.3 Å². The number of pyridine rings is 10. The van der Waals surface area contributed by atoms with E-state index in [1.807, 2.05) is 106 Å². The average molecular weight is 1990 g/mol. The highest BCUT2D eigenvalue weighted by atomic mass is 19.1. The molecule has 0 bridgehead atoms. The number of carbonyl (C=O) groups excluding carboxylic acids is 3. The molecule has 0 fully saturated rings. The Labute approximate surface area is 845 Å². The fourth-order valence-electron chi connectivity index (χ4n) is 25.6. The second kappa shape index (κ2) is 37.3. The van der Waals surface area contributed by atoms with Crippen LogP contribution in [-0.4, -0.2) is 133 Å². The number of aryl methyl sites for hydroxylation is 4. The summed E-state index contributed by atoms with van der Waals surface area (Å²) in [6, 6.07) is 41.5. The average Bonchev–Trinajstić information content (AvgIpc) is 1.59. The lowest BCUT2D eigenvalue weighted by Crippen LogP contribution is -2.45. The number of hydrogen-bond donors (Lipinski definition) is 4. The minimum Gasteiger partial charge on any atom is -0.508 e. The van der Waals surface area contributed by atoms with E-state index in [1.165, 1.54) is 7.11 Å². The summed E-state index contributed by atoms with van der Waals surface area (Å²) >= 11 is 0.